The average molecular weight is 359 g/mol. The lowest BCUT2D eigenvalue weighted by Crippen LogP contribution is -2.46. The van der Waals surface area contributed by atoms with Gasteiger partial charge in [0.05, 0.1) is 0 Å². The molecule has 0 spiro atoms. The molecule has 0 aromatic heterocycles. The highest BCUT2D eigenvalue weighted by atomic mass is 35.5. The van der Waals surface area contributed by atoms with Crippen LogP contribution in [0.1, 0.15) is 31.9 Å². The minimum atomic E-state index is 0. The Morgan fingerprint density at radius 3 is 2.17 bits per heavy atom. The Morgan fingerprint density at radius 1 is 1.09 bits per heavy atom. The minimum Gasteiger partial charge on any atom is -0.304 e. The molecule has 2 nitrogen and oxygen atoms in total. The molecule has 132 valence electrons. The van der Waals surface area contributed by atoms with Gasteiger partial charge in [0, 0.05) is 44.0 Å². The highest BCUT2D eigenvalue weighted by molar-refractivity contribution is 6.18. The SMILES string of the molecule is CC(Cc1ccc(C(C)(C)CCl)cc1)CN1CCN(C)CC1.Cl. The number of halogens is 2. The summed E-state index contributed by atoms with van der Waals surface area (Å²) in [4.78, 5) is 5.02. The molecule has 2 rings (SSSR count). The molecule has 0 saturated carbocycles. The van der Waals surface area contributed by atoms with Crippen molar-refractivity contribution >= 4 is 24.0 Å². The van der Waals surface area contributed by atoms with Crippen LogP contribution in [0, 0.1) is 5.92 Å². The molecule has 1 fully saturated rings. The van der Waals surface area contributed by atoms with Gasteiger partial charge in [-0.1, -0.05) is 45.0 Å². The second-order valence-corrected chi connectivity index (χ2v) is 7.89. The van der Waals surface area contributed by atoms with Gasteiger partial charge in [0.25, 0.3) is 0 Å². The van der Waals surface area contributed by atoms with Crippen molar-refractivity contribution in [3.05, 3.63) is 35.4 Å². The number of piperazine rings is 1. The zero-order valence-corrected chi connectivity index (χ0v) is 16.6. The number of nitrogens with zero attached hydrogens (tertiary/aromatic N) is 2. The lowest BCUT2D eigenvalue weighted by Gasteiger charge is -2.34. The van der Waals surface area contributed by atoms with Gasteiger partial charge in [0.2, 0.25) is 0 Å². The standard InChI is InChI=1S/C19H31ClN2.ClH/c1-16(14-22-11-9-21(4)10-12-22)13-17-5-7-18(8-6-17)19(2,3)15-20;/h5-8,16H,9-15H2,1-4H3;1H. The zero-order valence-electron chi connectivity index (χ0n) is 15.0. The molecule has 1 aromatic carbocycles. The van der Waals surface area contributed by atoms with E-state index in [1.807, 2.05) is 0 Å². The van der Waals surface area contributed by atoms with E-state index in [2.05, 4.69) is 61.9 Å². The summed E-state index contributed by atoms with van der Waals surface area (Å²) in [5, 5.41) is 0. The van der Waals surface area contributed by atoms with Gasteiger partial charge in [-0.05, 0) is 30.5 Å². The smallest absolute Gasteiger partial charge is 0.0315 e. The van der Waals surface area contributed by atoms with Crippen LogP contribution in [0.25, 0.3) is 0 Å². The maximum Gasteiger partial charge on any atom is 0.0315 e. The second kappa shape index (κ2) is 9.27. The van der Waals surface area contributed by atoms with E-state index in [-0.39, 0.29) is 17.8 Å². The maximum absolute atomic E-state index is 6.06. The summed E-state index contributed by atoms with van der Waals surface area (Å²) in [5.74, 6) is 1.36. The monoisotopic (exact) mass is 358 g/mol. The van der Waals surface area contributed by atoms with Gasteiger partial charge < -0.3 is 9.80 Å². The number of hydrogen-bond donors (Lipinski definition) is 0. The van der Waals surface area contributed by atoms with Crippen molar-refractivity contribution in [2.75, 3.05) is 45.7 Å². The Balaban J connectivity index is 0.00000264. The first-order valence-electron chi connectivity index (χ1n) is 8.47. The van der Waals surface area contributed by atoms with E-state index in [0.29, 0.717) is 11.8 Å². The number of likely N-dealkylation sites (N-methyl/N-ethyl adjacent to an activating group) is 1. The molecule has 23 heavy (non-hydrogen) atoms. The van der Waals surface area contributed by atoms with Gasteiger partial charge in [-0.15, -0.1) is 24.0 Å². The quantitative estimate of drug-likeness (QED) is 0.707. The largest absolute Gasteiger partial charge is 0.304 e. The molecule has 0 N–H and O–H groups in total. The predicted molar refractivity (Wildman–Crippen MR) is 104 cm³/mol. The minimum absolute atomic E-state index is 0. The summed E-state index contributed by atoms with van der Waals surface area (Å²) in [7, 11) is 2.21. The molecule has 1 heterocycles. The van der Waals surface area contributed by atoms with E-state index < -0.39 is 0 Å². The molecule has 1 aromatic rings. The number of hydrogen-bond acceptors (Lipinski definition) is 2. The first-order valence-corrected chi connectivity index (χ1v) is 9.00. The van der Waals surface area contributed by atoms with Crippen molar-refractivity contribution in [3.8, 4) is 0 Å². The maximum atomic E-state index is 6.06. The topological polar surface area (TPSA) is 6.48 Å². The molecule has 1 unspecified atom stereocenters. The van der Waals surface area contributed by atoms with Crippen molar-refractivity contribution in [3.63, 3.8) is 0 Å². The predicted octanol–water partition coefficient (Wildman–Crippen LogP) is 4.05. The van der Waals surface area contributed by atoms with Crippen LogP contribution in [-0.2, 0) is 11.8 Å². The van der Waals surface area contributed by atoms with E-state index in [9.17, 15) is 0 Å². The summed E-state index contributed by atoms with van der Waals surface area (Å²) in [5.41, 5.74) is 2.83. The van der Waals surface area contributed by atoms with Crippen molar-refractivity contribution < 1.29 is 0 Å². The highest BCUT2D eigenvalue weighted by Gasteiger charge is 2.19. The molecule has 1 atom stereocenters. The first-order chi connectivity index (χ1) is 10.4. The molecule has 0 radical (unpaired) electrons. The fourth-order valence-electron chi connectivity index (χ4n) is 3.11. The molecule has 0 bridgehead atoms. The van der Waals surface area contributed by atoms with Crippen LogP contribution in [0.2, 0.25) is 0 Å². The van der Waals surface area contributed by atoms with Gasteiger partial charge in [-0.2, -0.15) is 0 Å². The third-order valence-corrected chi connectivity index (χ3v) is 5.49. The number of benzene rings is 1. The summed E-state index contributed by atoms with van der Waals surface area (Å²) in [6, 6.07) is 9.06. The van der Waals surface area contributed by atoms with E-state index in [1.54, 1.807) is 0 Å². The van der Waals surface area contributed by atoms with Gasteiger partial charge in [0.1, 0.15) is 0 Å². The molecular formula is C19H32Cl2N2. The van der Waals surface area contributed by atoms with Crippen LogP contribution in [0.3, 0.4) is 0 Å². The normalized spacial score (nSPS) is 18.5. The van der Waals surface area contributed by atoms with Crippen molar-refractivity contribution in [1.29, 1.82) is 0 Å². The molecular weight excluding hydrogens is 327 g/mol. The molecule has 4 heteroatoms. The lowest BCUT2D eigenvalue weighted by atomic mass is 9.86. The number of alkyl halides is 1. The third kappa shape index (κ3) is 6.26. The van der Waals surface area contributed by atoms with Crippen molar-refractivity contribution in [2.24, 2.45) is 5.92 Å². The molecule has 1 aliphatic heterocycles. The Kier molecular flexibility index (Phi) is 8.37. The van der Waals surface area contributed by atoms with E-state index in [1.165, 1.54) is 43.9 Å². The third-order valence-electron chi connectivity index (χ3n) is 4.82. The van der Waals surface area contributed by atoms with Gasteiger partial charge in [0.15, 0.2) is 0 Å². The summed E-state index contributed by atoms with van der Waals surface area (Å²) in [6.07, 6.45) is 1.16. The molecule has 1 aliphatic rings. The summed E-state index contributed by atoms with van der Waals surface area (Å²) >= 11 is 6.06. The van der Waals surface area contributed by atoms with Gasteiger partial charge >= 0.3 is 0 Å². The fourth-order valence-corrected chi connectivity index (χ4v) is 3.26. The summed E-state index contributed by atoms with van der Waals surface area (Å²) in [6.45, 7) is 12.8. The van der Waals surface area contributed by atoms with Crippen molar-refractivity contribution in [1.82, 2.24) is 9.80 Å². The molecule has 0 aliphatic carbocycles. The lowest BCUT2D eigenvalue weighted by molar-refractivity contribution is 0.139. The Bertz CT molecular complexity index is 451. The molecule has 1 saturated heterocycles. The first kappa shape index (κ1) is 20.8. The van der Waals surface area contributed by atoms with Crippen LogP contribution in [-0.4, -0.2) is 55.5 Å². The van der Waals surface area contributed by atoms with Crippen LogP contribution in [0.4, 0.5) is 0 Å². The van der Waals surface area contributed by atoms with E-state index >= 15 is 0 Å². The van der Waals surface area contributed by atoms with Crippen LogP contribution in [0.5, 0.6) is 0 Å². The Labute approximate surface area is 153 Å². The Hall–Kier alpha value is -0.280. The number of rotatable bonds is 6. The van der Waals surface area contributed by atoms with Crippen LogP contribution >= 0.6 is 24.0 Å². The van der Waals surface area contributed by atoms with Crippen molar-refractivity contribution in [2.45, 2.75) is 32.6 Å². The fraction of sp³-hybridized carbons (Fsp3) is 0.684. The van der Waals surface area contributed by atoms with E-state index in [0.717, 1.165) is 6.42 Å². The van der Waals surface area contributed by atoms with Crippen LogP contribution < -0.4 is 0 Å². The van der Waals surface area contributed by atoms with Gasteiger partial charge in [-0.25, -0.2) is 0 Å². The second-order valence-electron chi connectivity index (χ2n) is 7.63. The highest BCUT2D eigenvalue weighted by Crippen LogP contribution is 2.25. The average Bonchev–Trinajstić information content (AvgIpc) is 2.50. The zero-order chi connectivity index (χ0) is 16.2. The molecule has 0 amide bonds. The Morgan fingerprint density at radius 2 is 1.65 bits per heavy atom. The summed E-state index contributed by atoms with van der Waals surface area (Å²) < 4.78 is 0. The van der Waals surface area contributed by atoms with Gasteiger partial charge in [-0.3, -0.25) is 0 Å². The van der Waals surface area contributed by atoms with Crippen LogP contribution in [0.15, 0.2) is 24.3 Å². The van der Waals surface area contributed by atoms with E-state index in [4.69, 9.17) is 11.6 Å².